The van der Waals surface area contributed by atoms with Crippen LogP contribution in [0.15, 0.2) is 53.8 Å². The van der Waals surface area contributed by atoms with Crippen LogP contribution in [0.1, 0.15) is 37.3 Å². The largest absolute Gasteiger partial charge is 0.391 e. The average Bonchev–Trinajstić information content (AvgIpc) is 3.31. The number of carbonyl (C=O) groups excluding carboxylic acids is 1. The zero-order valence-corrected chi connectivity index (χ0v) is 20.4. The number of aliphatic hydroxyl groups is 1. The molecule has 2 unspecified atom stereocenters. The van der Waals surface area contributed by atoms with E-state index in [0.29, 0.717) is 37.0 Å². The van der Waals surface area contributed by atoms with E-state index in [4.69, 9.17) is 4.98 Å². The van der Waals surface area contributed by atoms with Gasteiger partial charge in [-0.25, -0.2) is 4.98 Å². The number of aromatic nitrogens is 4. The fourth-order valence-electron chi connectivity index (χ4n) is 5.75. The Morgan fingerprint density at radius 1 is 1.06 bits per heavy atom. The summed E-state index contributed by atoms with van der Waals surface area (Å²) in [5, 5.41) is 17.3. The molecule has 1 N–H and O–H groups in total. The summed E-state index contributed by atoms with van der Waals surface area (Å²) in [7, 11) is 1.84. The molecular weight excluding hydrogens is 456 g/mol. The number of fused-ring (bicyclic) bond motifs is 3. The third kappa shape index (κ3) is 3.98. The Labute approximate surface area is 208 Å². The van der Waals surface area contributed by atoms with Gasteiger partial charge < -0.3 is 10.0 Å². The van der Waals surface area contributed by atoms with Gasteiger partial charge in [0.25, 0.3) is 5.56 Å². The summed E-state index contributed by atoms with van der Waals surface area (Å²) in [5.74, 6) is 0.0367. The summed E-state index contributed by atoms with van der Waals surface area (Å²) in [4.78, 5) is 35.2. The zero-order valence-electron chi connectivity index (χ0n) is 20.4. The minimum atomic E-state index is -0.530. The third-order valence-corrected chi connectivity index (χ3v) is 7.63. The van der Waals surface area contributed by atoms with Crippen LogP contribution in [0.2, 0.25) is 0 Å². The second-order valence-electron chi connectivity index (χ2n) is 9.98. The van der Waals surface area contributed by atoms with Crippen molar-refractivity contribution in [2.45, 2.75) is 44.4 Å². The van der Waals surface area contributed by atoms with Crippen LogP contribution in [0.3, 0.4) is 0 Å². The van der Waals surface area contributed by atoms with Crippen LogP contribution in [0, 0.1) is 0 Å². The fraction of sp³-hybridized carbons (Fsp3) is 0.407. The topological polar surface area (TPSA) is 96.5 Å². The first-order valence-corrected chi connectivity index (χ1v) is 12.6. The van der Waals surface area contributed by atoms with Gasteiger partial charge in [-0.1, -0.05) is 37.1 Å². The van der Waals surface area contributed by atoms with Gasteiger partial charge in [0.2, 0.25) is 5.91 Å². The minimum absolute atomic E-state index is 0.0367. The van der Waals surface area contributed by atoms with Crippen molar-refractivity contribution in [3.05, 3.63) is 65.0 Å². The van der Waals surface area contributed by atoms with E-state index in [1.165, 1.54) is 0 Å². The molecule has 2 aliphatic rings. The summed E-state index contributed by atoms with van der Waals surface area (Å²) in [6.07, 6.45) is 8.10. The highest BCUT2D eigenvalue weighted by Gasteiger charge is 2.28. The minimum Gasteiger partial charge on any atom is -0.391 e. The molecule has 0 radical (unpaired) electrons. The van der Waals surface area contributed by atoms with E-state index in [1.807, 2.05) is 37.5 Å². The maximum absolute atomic E-state index is 13.6. The number of rotatable bonds is 4. The van der Waals surface area contributed by atoms with Gasteiger partial charge in [-0.3, -0.25) is 23.7 Å². The molecule has 0 bridgehead atoms. The van der Waals surface area contributed by atoms with Crippen LogP contribution in [0.4, 0.5) is 5.69 Å². The van der Waals surface area contributed by atoms with Gasteiger partial charge in [-0.05, 0) is 29.9 Å². The van der Waals surface area contributed by atoms with Crippen molar-refractivity contribution >= 4 is 33.3 Å². The molecule has 1 saturated carbocycles. The number of carbonyl (C=O) groups is 1. The Balaban J connectivity index is 1.35. The number of hydrogen-bond acceptors (Lipinski definition) is 6. The molecule has 1 saturated heterocycles. The van der Waals surface area contributed by atoms with Crippen LogP contribution >= 0.6 is 0 Å². The molecule has 3 heterocycles. The first-order valence-electron chi connectivity index (χ1n) is 12.6. The molecule has 6 rings (SSSR count). The first-order chi connectivity index (χ1) is 17.5. The van der Waals surface area contributed by atoms with Crippen LogP contribution in [-0.2, 0) is 18.4 Å². The summed E-state index contributed by atoms with van der Waals surface area (Å²) in [6.45, 7) is 2.17. The van der Waals surface area contributed by atoms with Crippen molar-refractivity contribution in [3.8, 4) is 0 Å². The van der Waals surface area contributed by atoms with Crippen molar-refractivity contribution in [2.75, 3.05) is 24.5 Å². The predicted molar refractivity (Wildman–Crippen MR) is 138 cm³/mol. The molecular formula is C27H30N6O3. The van der Waals surface area contributed by atoms with Gasteiger partial charge in [-0.2, -0.15) is 5.10 Å². The second-order valence-corrected chi connectivity index (χ2v) is 9.98. The molecule has 36 heavy (non-hydrogen) atoms. The molecule has 2 aromatic carbocycles. The molecule has 1 amide bonds. The lowest BCUT2D eigenvalue weighted by Crippen LogP contribution is -2.50. The number of aliphatic hydroxyl groups excluding tert-OH is 1. The van der Waals surface area contributed by atoms with Crippen molar-refractivity contribution < 1.29 is 9.90 Å². The summed E-state index contributed by atoms with van der Waals surface area (Å²) in [6, 6.07) is 9.70. The monoisotopic (exact) mass is 486 g/mol. The Morgan fingerprint density at radius 3 is 2.61 bits per heavy atom. The highest BCUT2D eigenvalue weighted by molar-refractivity contribution is 6.06. The average molecular weight is 487 g/mol. The van der Waals surface area contributed by atoms with E-state index in [1.54, 1.807) is 26.7 Å². The van der Waals surface area contributed by atoms with Crippen LogP contribution in [0.5, 0.6) is 0 Å². The van der Waals surface area contributed by atoms with E-state index in [-0.39, 0.29) is 17.5 Å². The number of aryl methyl sites for hydroxylation is 1. The standard InChI is InChI=1S/C27H30N6O3/c1-30-15-19(13-29-30)32-11-10-31(16-25(32)35)14-18-12-22-26(21-7-3-2-6-20(18)21)28-17-33(27(22)36)23-8-4-5-9-24(23)34/h2-3,6-7,12-13,15,17,23-24,34H,4-5,8-11,14,16H2,1H3. The van der Waals surface area contributed by atoms with E-state index < -0.39 is 6.10 Å². The Bertz CT molecular complexity index is 1510. The highest BCUT2D eigenvalue weighted by atomic mass is 16.3. The summed E-state index contributed by atoms with van der Waals surface area (Å²) < 4.78 is 3.32. The molecule has 9 nitrogen and oxygen atoms in total. The quantitative estimate of drug-likeness (QED) is 0.446. The van der Waals surface area contributed by atoms with Gasteiger partial charge in [-0.15, -0.1) is 0 Å². The molecule has 2 aromatic heterocycles. The fourth-order valence-corrected chi connectivity index (χ4v) is 5.75. The normalized spacial score (nSPS) is 21.5. The second kappa shape index (κ2) is 9.15. The zero-order chi connectivity index (χ0) is 24.8. The summed E-state index contributed by atoms with van der Waals surface area (Å²) in [5.41, 5.74) is 2.38. The SMILES string of the molecule is Cn1cc(N2CCN(Cc3cc4c(=O)n(C5CCCCC5O)cnc4c4ccccc34)CC2=O)cn1. The highest BCUT2D eigenvalue weighted by Crippen LogP contribution is 2.30. The molecule has 9 heteroatoms. The van der Waals surface area contributed by atoms with Gasteiger partial charge in [0, 0.05) is 38.3 Å². The lowest BCUT2D eigenvalue weighted by atomic mass is 9.92. The van der Waals surface area contributed by atoms with E-state index >= 15 is 0 Å². The van der Waals surface area contributed by atoms with Crippen LogP contribution in [-0.4, -0.2) is 61.0 Å². The van der Waals surface area contributed by atoms with Gasteiger partial charge in [0.05, 0.1) is 47.8 Å². The van der Waals surface area contributed by atoms with Crippen molar-refractivity contribution in [2.24, 2.45) is 7.05 Å². The van der Waals surface area contributed by atoms with Gasteiger partial charge in [0.15, 0.2) is 0 Å². The van der Waals surface area contributed by atoms with Crippen molar-refractivity contribution in [3.63, 3.8) is 0 Å². The van der Waals surface area contributed by atoms with Gasteiger partial charge >= 0.3 is 0 Å². The lowest BCUT2D eigenvalue weighted by molar-refractivity contribution is -0.121. The lowest BCUT2D eigenvalue weighted by Gasteiger charge is -2.33. The number of benzene rings is 2. The Morgan fingerprint density at radius 2 is 1.86 bits per heavy atom. The van der Waals surface area contributed by atoms with Gasteiger partial charge in [0.1, 0.15) is 0 Å². The number of piperazine rings is 1. The first kappa shape index (κ1) is 22.9. The molecule has 186 valence electrons. The van der Waals surface area contributed by atoms with E-state index in [9.17, 15) is 14.7 Å². The summed E-state index contributed by atoms with van der Waals surface area (Å²) >= 11 is 0. The molecule has 0 spiro atoms. The molecule has 1 aliphatic carbocycles. The predicted octanol–water partition coefficient (Wildman–Crippen LogP) is 2.61. The number of amides is 1. The third-order valence-electron chi connectivity index (χ3n) is 7.63. The Kier molecular flexibility index (Phi) is 5.81. The number of nitrogens with zero attached hydrogens (tertiary/aromatic N) is 6. The Hall–Kier alpha value is -3.56. The van der Waals surface area contributed by atoms with E-state index in [2.05, 4.69) is 16.1 Å². The molecule has 4 aromatic rings. The number of hydrogen-bond donors (Lipinski definition) is 1. The number of anilines is 1. The smallest absolute Gasteiger partial charge is 0.261 e. The maximum Gasteiger partial charge on any atom is 0.261 e. The van der Waals surface area contributed by atoms with Crippen molar-refractivity contribution in [1.29, 1.82) is 0 Å². The maximum atomic E-state index is 13.6. The molecule has 1 aliphatic heterocycles. The molecule has 2 fully saturated rings. The van der Waals surface area contributed by atoms with Crippen molar-refractivity contribution in [1.82, 2.24) is 24.2 Å². The van der Waals surface area contributed by atoms with E-state index in [0.717, 1.165) is 47.8 Å². The molecule has 2 atom stereocenters. The van der Waals surface area contributed by atoms with Crippen LogP contribution < -0.4 is 10.5 Å². The van der Waals surface area contributed by atoms with Crippen LogP contribution in [0.25, 0.3) is 21.7 Å².